The maximum Gasteiger partial charge on any atom is 0.422 e. The van der Waals surface area contributed by atoms with Gasteiger partial charge in [-0.1, -0.05) is 6.92 Å². The van der Waals surface area contributed by atoms with Crippen LogP contribution in [0.3, 0.4) is 0 Å². The fourth-order valence-electron chi connectivity index (χ4n) is 2.25. The molecule has 0 bridgehead atoms. The van der Waals surface area contributed by atoms with Gasteiger partial charge in [0.05, 0.1) is 12.0 Å². The molecule has 1 heterocycles. The second-order valence-electron chi connectivity index (χ2n) is 5.72. The molecule has 0 atom stereocenters. The number of rotatable bonds is 7. The molecule has 1 aromatic carbocycles. The summed E-state index contributed by atoms with van der Waals surface area (Å²) in [6.07, 6.45) is -3.50. The van der Waals surface area contributed by atoms with Gasteiger partial charge in [0.15, 0.2) is 6.61 Å². The first-order chi connectivity index (χ1) is 12.7. The Hall–Kier alpha value is -3.04. The summed E-state index contributed by atoms with van der Waals surface area (Å²) < 4.78 is 41.1. The van der Waals surface area contributed by atoms with Gasteiger partial charge in [-0.3, -0.25) is 4.79 Å². The van der Waals surface area contributed by atoms with Crippen molar-refractivity contribution in [2.24, 2.45) is 4.99 Å². The number of amidine groups is 1. The Morgan fingerprint density at radius 2 is 2.00 bits per heavy atom. The van der Waals surface area contributed by atoms with Crippen LogP contribution in [0.4, 0.5) is 18.9 Å². The largest absolute Gasteiger partial charge is 0.484 e. The monoisotopic (exact) mass is 385 g/mol. The maximum atomic E-state index is 12.2. The van der Waals surface area contributed by atoms with E-state index in [1.165, 1.54) is 24.3 Å². The number of carboxylic acid groups (broad SMARTS) is 1. The Kier molecular flexibility index (Phi) is 6.43. The molecule has 0 saturated carbocycles. The molecule has 0 unspecified atom stereocenters. The number of hydrogen-bond acceptors (Lipinski definition) is 4. The number of carboxylic acids is 1. The van der Waals surface area contributed by atoms with Gasteiger partial charge in [-0.25, -0.2) is 9.79 Å². The molecule has 3 N–H and O–H groups in total. The Bertz CT molecular complexity index is 771. The highest BCUT2D eigenvalue weighted by molar-refractivity contribution is 6.01. The normalized spacial score (nSPS) is 15.0. The van der Waals surface area contributed by atoms with Crippen LogP contribution in [0, 0.1) is 0 Å². The molecular formula is C17H18F3N3O4. The van der Waals surface area contributed by atoms with Gasteiger partial charge in [0.2, 0.25) is 5.91 Å². The minimum atomic E-state index is -4.42. The Morgan fingerprint density at radius 3 is 2.56 bits per heavy atom. The second-order valence-corrected chi connectivity index (χ2v) is 5.72. The van der Waals surface area contributed by atoms with Crippen LogP contribution in [-0.2, 0) is 9.59 Å². The predicted octanol–water partition coefficient (Wildman–Crippen LogP) is 3.05. The van der Waals surface area contributed by atoms with E-state index in [2.05, 4.69) is 20.4 Å². The standard InChI is InChI=1S/C17H18F3N3O4/c1-2-3-13(22-15-12(16(25)26)8-14(24)23-15)21-10-4-6-11(7-5-10)27-9-17(18,19)20/h4-7H,2-3,8-9H2,1H3,(H,21,22)(H,23,24)(H,25,26). The van der Waals surface area contributed by atoms with Gasteiger partial charge >= 0.3 is 12.1 Å². The SMILES string of the molecule is CCCC(=NC1=C(C(=O)O)CC(=O)N1)Nc1ccc(OCC(F)(F)F)cc1. The third-order valence-electron chi connectivity index (χ3n) is 3.42. The number of ether oxygens (including phenoxy) is 1. The van der Waals surface area contributed by atoms with Gasteiger partial charge in [0, 0.05) is 12.1 Å². The number of aliphatic imine (C=N–C) groups is 1. The molecule has 27 heavy (non-hydrogen) atoms. The molecule has 0 aliphatic carbocycles. The van der Waals surface area contributed by atoms with Gasteiger partial charge < -0.3 is 20.5 Å². The number of halogens is 3. The number of hydrogen-bond donors (Lipinski definition) is 3. The van der Waals surface area contributed by atoms with Gasteiger partial charge in [-0.05, 0) is 30.7 Å². The number of carbonyl (C=O) groups excluding carboxylic acids is 1. The van der Waals surface area contributed by atoms with Crippen molar-refractivity contribution in [3.63, 3.8) is 0 Å². The highest BCUT2D eigenvalue weighted by atomic mass is 19.4. The molecular weight excluding hydrogens is 367 g/mol. The van der Waals surface area contributed by atoms with Crippen molar-refractivity contribution in [1.82, 2.24) is 5.32 Å². The zero-order chi connectivity index (χ0) is 20.0. The zero-order valence-electron chi connectivity index (χ0n) is 14.4. The van der Waals surface area contributed by atoms with E-state index in [4.69, 9.17) is 5.11 Å². The molecule has 146 valence electrons. The third kappa shape index (κ3) is 6.32. The van der Waals surface area contributed by atoms with Crippen LogP contribution < -0.4 is 15.4 Å². The number of aliphatic carboxylic acids is 1. The summed E-state index contributed by atoms with van der Waals surface area (Å²) in [6, 6.07) is 5.76. The molecule has 0 aromatic heterocycles. The molecule has 1 amide bonds. The van der Waals surface area contributed by atoms with Crippen molar-refractivity contribution in [1.29, 1.82) is 0 Å². The number of benzene rings is 1. The van der Waals surface area contributed by atoms with E-state index in [1.807, 2.05) is 6.92 Å². The van der Waals surface area contributed by atoms with Gasteiger partial charge in [0.1, 0.15) is 17.4 Å². The first-order valence-corrected chi connectivity index (χ1v) is 8.08. The van der Waals surface area contributed by atoms with Crippen LogP contribution in [0.5, 0.6) is 5.75 Å². The summed E-state index contributed by atoms with van der Waals surface area (Å²) in [5, 5.41) is 14.5. The number of nitrogens with one attached hydrogen (secondary N) is 2. The van der Waals surface area contributed by atoms with Crippen LogP contribution in [-0.4, -0.2) is 35.6 Å². The number of carbonyl (C=O) groups is 2. The molecule has 0 fully saturated rings. The molecule has 1 aliphatic heterocycles. The lowest BCUT2D eigenvalue weighted by Crippen LogP contribution is -2.19. The molecule has 2 rings (SSSR count). The van der Waals surface area contributed by atoms with Crippen molar-refractivity contribution < 1.29 is 32.6 Å². The molecule has 7 nitrogen and oxygen atoms in total. The first-order valence-electron chi connectivity index (χ1n) is 8.08. The molecule has 0 spiro atoms. The molecule has 0 saturated heterocycles. The van der Waals surface area contributed by atoms with Gasteiger partial charge in [-0.15, -0.1) is 0 Å². The molecule has 1 aliphatic rings. The summed E-state index contributed by atoms with van der Waals surface area (Å²) in [4.78, 5) is 26.8. The van der Waals surface area contributed by atoms with Crippen LogP contribution in [0.15, 0.2) is 40.7 Å². The fraction of sp³-hybridized carbons (Fsp3) is 0.353. The summed E-state index contributed by atoms with van der Waals surface area (Å²) >= 11 is 0. The average Bonchev–Trinajstić information content (AvgIpc) is 2.94. The first kappa shape index (κ1) is 20.3. The Balaban J connectivity index is 2.13. The lowest BCUT2D eigenvalue weighted by Gasteiger charge is -2.12. The van der Waals surface area contributed by atoms with Gasteiger partial charge in [-0.2, -0.15) is 13.2 Å². The van der Waals surface area contributed by atoms with Crippen molar-refractivity contribution in [2.75, 3.05) is 11.9 Å². The quantitative estimate of drug-likeness (QED) is 0.495. The van der Waals surface area contributed by atoms with E-state index in [0.717, 1.165) is 0 Å². The van der Waals surface area contributed by atoms with Crippen molar-refractivity contribution in [3.05, 3.63) is 35.7 Å². The number of nitrogens with zero attached hydrogens (tertiary/aromatic N) is 1. The average molecular weight is 385 g/mol. The Labute approximate surface area is 152 Å². The molecule has 0 radical (unpaired) electrons. The lowest BCUT2D eigenvalue weighted by atomic mass is 10.2. The number of alkyl halides is 3. The van der Waals surface area contributed by atoms with Crippen molar-refractivity contribution in [3.8, 4) is 5.75 Å². The zero-order valence-corrected chi connectivity index (χ0v) is 14.4. The highest BCUT2D eigenvalue weighted by Gasteiger charge is 2.28. The number of amides is 1. The molecule has 10 heteroatoms. The van der Waals surface area contributed by atoms with Gasteiger partial charge in [0.25, 0.3) is 0 Å². The van der Waals surface area contributed by atoms with E-state index in [1.54, 1.807) is 0 Å². The van der Waals surface area contributed by atoms with E-state index < -0.39 is 24.7 Å². The predicted molar refractivity (Wildman–Crippen MR) is 91.4 cm³/mol. The van der Waals surface area contributed by atoms with Crippen molar-refractivity contribution in [2.45, 2.75) is 32.4 Å². The van der Waals surface area contributed by atoms with E-state index >= 15 is 0 Å². The smallest absolute Gasteiger partial charge is 0.422 e. The summed E-state index contributed by atoms with van der Waals surface area (Å²) in [5.74, 6) is -1.22. The summed E-state index contributed by atoms with van der Waals surface area (Å²) in [5.41, 5.74) is 0.412. The highest BCUT2D eigenvalue weighted by Crippen LogP contribution is 2.21. The van der Waals surface area contributed by atoms with E-state index in [9.17, 15) is 22.8 Å². The minimum absolute atomic E-state index is 0.0198. The summed E-state index contributed by atoms with van der Waals surface area (Å²) in [6.45, 7) is 0.513. The molecule has 1 aromatic rings. The van der Waals surface area contributed by atoms with Crippen LogP contribution in [0.2, 0.25) is 0 Å². The topological polar surface area (TPSA) is 100 Å². The van der Waals surface area contributed by atoms with Crippen LogP contribution in [0.1, 0.15) is 26.2 Å². The summed E-state index contributed by atoms with van der Waals surface area (Å²) in [7, 11) is 0. The maximum absolute atomic E-state index is 12.2. The fourth-order valence-corrected chi connectivity index (χ4v) is 2.25. The van der Waals surface area contributed by atoms with E-state index in [-0.39, 0.29) is 23.6 Å². The second kappa shape index (κ2) is 8.56. The lowest BCUT2D eigenvalue weighted by molar-refractivity contribution is -0.153. The third-order valence-corrected chi connectivity index (χ3v) is 3.42. The van der Waals surface area contributed by atoms with E-state index in [0.29, 0.717) is 24.4 Å². The van der Waals surface area contributed by atoms with Crippen molar-refractivity contribution >= 4 is 23.4 Å². The number of anilines is 1. The van der Waals surface area contributed by atoms with Crippen LogP contribution in [0.25, 0.3) is 0 Å². The Morgan fingerprint density at radius 1 is 1.33 bits per heavy atom. The minimum Gasteiger partial charge on any atom is -0.484 e. The van der Waals surface area contributed by atoms with Crippen LogP contribution >= 0.6 is 0 Å².